The van der Waals surface area contributed by atoms with Crippen molar-refractivity contribution >= 4 is 34.9 Å². The zero-order chi connectivity index (χ0) is 30.7. The number of ether oxygens (including phenoxy) is 1. The van der Waals surface area contributed by atoms with E-state index in [4.69, 9.17) is 4.74 Å². The van der Waals surface area contributed by atoms with Gasteiger partial charge in [-0.05, 0) is 49.2 Å². The Morgan fingerprint density at radius 2 is 1.44 bits per heavy atom. The van der Waals surface area contributed by atoms with Gasteiger partial charge in [-0.3, -0.25) is 14.6 Å². The summed E-state index contributed by atoms with van der Waals surface area (Å²) in [6.07, 6.45) is 2.30. The van der Waals surface area contributed by atoms with Crippen LogP contribution in [0.15, 0.2) is 66.2 Å². The minimum absolute atomic E-state index is 0.206. The molecule has 0 spiro atoms. The number of esters is 1. The third-order valence-electron chi connectivity index (χ3n) is 7.53. The molecule has 0 amide bonds. The van der Waals surface area contributed by atoms with E-state index in [9.17, 15) is 23.5 Å². The SMILES string of the molecule is CC(=O)OC(C)C(Sc1ncnc2c1ncn2C(C)C(=O)O)N1CCN(C(c2ccc(F)cc2)c2ccc(F)cc2)CC1. The number of carbonyl (C=O) groups is 2. The van der Waals surface area contributed by atoms with Gasteiger partial charge in [0.2, 0.25) is 0 Å². The molecule has 1 fully saturated rings. The third-order valence-corrected chi connectivity index (χ3v) is 8.98. The number of hydrogen-bond donors (Lipinski definition) is 1. The van der Waals surface area contributed by atoms with Crippen molar-refractivity contribution in [2.75, 3.05) is 26.2 Å². The average molecular weight is 611 g/mol. The molecular formula is C30H32F2N6O4S. The van der Waals surface area contributed by atoms with Gasteiger partial charge >= 0.3 is 11.9 Å². The summed E-state index contributed by atoms with van der Waals surface area (Å²) in [5.74, 6) is -2.07. The zero-order valence-electron chi connectivity index (χ0n) is 23.9. The number of nitrogens with zero attached hydrogens (tertiary/aromatic N) is 6. The standard InChI is InChI=1S/C30H32F2N6O4S/c1-18(30(40)41)38-17-35-25-27(38)33-16-34-28(25)43-29(19(2)42-20(3)39)37-14-12-36(13-15-37)26(21-4-8-23(31)9-5-21)22-6-10-24(32)11-7-22/h4-11,16-19,26,29H,12-15H2,1-3H3,(H,40,41). The van der Waals surface area contributed by atoms with Crippen LogP contribution in [0.1, 0.15) is 44.0 Å². The van der Waals surface area contributed by atoms with Crippen LogP contribution < -0.4 is 0 Å². The lowest BCUT2D eigenvalue weighted by Crippen LogP contribution is -2.53. The van der Waals surface area contributed by atoms with E-state index in [2.05, 4.69) is 24.8 Å². The molecule has 1 N–H and O–H groups in total. The molecule has 1 aliphatic rings. The number of aromatic nitrogens is 4. The molecule has 3 unspecified atom stereocenters. The highest BCUT2D eigenvalue weighted by atomic mass is 32.2. The molecule has 226 valence electrons. The summed E-state index contributed by atoms with van der Waals surface area (Å²) in [6, 6.07) is 11.6. The maximum absolute atomic E-state index is 13.8. The minimum atomic E-state index is -1.01. The highest BCUT2D eigenvalue weighted by molar-refractivity contribution is 8.00. The fraction of sp³-hybridized carbons (Fsp3) is 0.367. The number of hydrogen-bond acceptors (Lipinski definition) is 9. The van der Waals surface area contributed by atoms with Crippen molar-refractivity contribution in [2.45, 2.75) is 49.4 Å². The van der Waals surface area contributed by atoms with Crippen LogP contribution in [0.3, 0.4) is 0 Å². The van der Waals surface area contributed by atoms with E-state index in [1.54, 1.807) is 31.2 Å². The molecule has 0 bridgehead atoms. The quantitative estimate of drug-likeness (QED) is 0.156. The molecule has 10 nitrogen and oxygen atoms in total. The predicted octanol–water partition coefficient (Wildman–Crippen LogP) is 4.53. The van der Waals surface area contributed by atoms with Crippen LogP contribution in [0.25, 0.3) is 11.2 Å². The Morgan fingerprint density at radius 3 is 1.98 bits per heavy atom. The van der Waals surface area contributed by atoms with E-state index in [1.165, 1.54) is 60.2 Å². The molecule has 5 rings (SSSR count). The third kappa shape index (κ3) is 6.84. The van der Waals surface area contributed by atoms with Crippen LogP contribution in [0.2, 0.25) is 0 Å². The van der Waals surface area contributed by atoms with Gasteiger partial charge in [0.25, 0.3) is 0 Å². The van der Waals surface area contributed by atoms with Gasteiger partial charge in [0.15, 0.2) is 5.65 Å². The Balaban J connectivity index is 1.40. The molecule has 0 saturated carbocycles. The van der Waals surface area contributed by atoms with Crippen LogP contribution in [0.4, 0.5) is 8.78 Å². The van der Waals surface area contributed by atoms with Crippen molar-refractivity contribution in [3.63, 3.8) is 0 Å². The van der Waals surface area contributed by atoms with Crippen molar-refractivity contribution in [3.05, 3.63) is 83.9 Å². The summed E-state index contributed by atoms with van der Waals surface area (Å²) in [5, 5.41) is 9.71. The van der Waals surface area contributed by atoms with E-state index in [-0.39, 0.29) is 23.1 Å². The first-order valence-corrected chi connectivity index (χ1v) is 14.7. The second-order valence-electron chi connectivity index (χ2n) is 10.4. The van der Waals surface area contributed by atoms with E-state index < -0.39 is 24.1 Å². The number of rotatable bonds is 10. The number of halogens is 2. The fourth-order valence-electron chi connectivity index (χ4n) is 5.38. The van der Waals surface area contributed by atoms with E-state index in [0.29, 0.717) is 42.4 Å². The first kappa shape index (κ1) is 30.5. The van der Waals surface area contributed by atoms with Crippen molar-refractivity contribution in [1.29, 1.82) is 0 Å². The zero-order valence-corrected chi connectivity index (χ0v) is 24.7. The lowest BCUT2D eigenvalue weighted by molar-refractivity contribution is -0.147. The Labute approximate surface area is 251 Å². The molecule has 0 aliphatic carbocycles. The molecule has 2 aromatic carbocycles. The molecular weight excluding hydrogens is 578 g/mol. The highest BCUT2D eigenvalue weighted by Gasteiger charge is 2.34. The number of aliphatic carboxylic acids is 1. The largest absolute Gasteiger partial charge is 0.480 e. The molecule has 3 atom stereocenters. The van der Waals surface area contributed by atoms with E-state index in [1.807, 2.05) is 6.92 Å². The van der Waals surface area contributed by atoms with Crippen LogP contribution in [-0.4, -0.2) is 84.0 Å². The Bertz CT molecular complexity index is 1530. The summed E-state index contributed by atoms with van der Waals surface area (Å²) < 4.78 is 34.6. The van der Waals surface area contributed by atoms with Crippen LogP contribution in [0, 0.1) is 11.6 Å². The van der Waals surface area contributed by atoms with Crippen molar-refractivity contribution in [2.24, 2.45) is 0 Å². The second-order valence-corrected chi connectivity index (χ2v) is 11.5. The lowest BCUT2D eigenvalue weighted by Gasteiger charge is -2.43. The maximum atomic E-state index is 13.8. The smallest absolute Gasteiger partial charge is 0.326 e. The van der Waals surface area contributed by atoms with Crippen LogP contribution >= 0.6 is 11.8 Å². The number of fused-ring (bicyclic) bond motifs is 1. The van der Waals surface area contributed by atoms with Crippen molar-refractivity contribution < 1.29 is 28.2 Å². The number of thioether (sulfide) groups is 1. The molecule has 0 radical (unpaired) electrons. The number of piperazine rings is 1. The van der Waals surface area contributed by atoms with Crippen molar-refractivity contribution in [1.82, 2.24) is 29.3 Å². The van der Waals surface area contributed by atoms with Gasteiger partial charge in [0.1, 0.15) is 40.7 Å². The van der Waals surface area contributed by atoms with Gasteiger partial charge in [0.05, 0.1) is 17.7 Å². The number of imidazole rings is 1. The first-order chi connectivity index (χ1) is 20.6. The average Bonchev–Trinajstić information content (AvgIpc) is 3.42. The number of benzene rings is 2. The molecule has 1 saturated heterocycles. The van der Waals surface area contributed by atoms with Gasteiger partial charge in [-0.15, -0.1) is 0 Å². The molecule has 3 heterocycles. The summed E-state index contributed by atoms with van der Waals surface area (Å²) >= 11 is 1.39. The maximum Gasteiger partial charge on any atom is 0.326 e. The Hall–Kier alpha value is -3.94. The molecule has 2 aromatic heterocycles. The molecule has 43 heavy (non-hydrogen) atoms. The van der Waals surface area contributed by atoms with Crippen molar-refractivity contribution in [3.8, 4) is 0 Å². The highest BCUT2D eigenvalue weighted by Crippen LogP contribution is 2.35. The van der Waals surface area contributed by atoms with Gasteiger partial charge in [-0.2, -0.15) is 0 Å². The van der Waals surface area contributed by atoms with Gasteiger partial charge in [-0.1, -0.05) is 36.0 Å². The summed E-state index contributed by atoms with van der Waals surface area (Å²) in [5.41, 5.74) is 2.66. The lowest BCUT2D eigenvalue weighted by atomic mass is 9.96. The van der Waals surface area contributed by atoms with E-state index in [0.717, 1.165) is 11.1 Å². The Kier molecular flexibility index (Phi) is 9.33. The monoisotopic (exact) mass is 610 g/mol. The Morgan fingerprint density at radius 1 is 0.884 bits per heavy atom. The number of carboxylic acids is 1. The molecule has 13 heteroatoms. The summed E-state index contributed by atoms with van der Waals surface area (Å²) in [6.45, 7) is 7.23. The summed E-state index contributed by atoms with van der Waals surface area (Å²) in [7, 11) is 0. The predicted molar refractivity (Wildman–Crippen MR) is 156 cm³/mol. The second kappa shape index (κ2) is 13.1. The number of carbonyl (C=O) groups excluding carboxylic acids is 1. The fourth-order valence-corrected chi connectivity index (χ4v) is 6.57. The van der Waals surface area contributed by atoms with Crippen LogP contribution in [-0.2, 0) is 14.3 Å². The first-order valence-electron chi connectivity index (χ1n) is 13.9. The van der Waals surface area contributed by atoms with Gasteiger partial charge < -0.3 is 14.4 Å². The number of carboxylic acid groups (broad SMARTS) is 1. The molecule has 1 aliphatic heterocycles. The minimum Gasteiger partial charge on any atom is -0.480 e. The summed E-state index contributed by atoms with van der Waals surface area (Å²) in [4.78, 5) is 41.2. The topological polar surface area (TPSA) is 114 Å². The van der Waals surface area contributed by atoms with E-state index >= 15 is 0 Å². The normalized spacial score (nSPS) is 16.7. The molecule has 4 aromatic rings. The van der Waals surface area contributed by atoms with Crippen LogP contribution in [0.5, 0.6) is 0 Å². The van der Waals surface area contributed by atoms with Gasteiger partial charge in [-0.25, -0.2) is 28.5 Å². The van der Waals surface area contributed by atoms with Gasteiger partial charge in [0, 0.05) is 33.1 Å².